The SMILES string of the molecule is COC(=O)C1(C(F)(F)F)CC(c2ccccc2)=CC(Br)=C1N. The molecule has 3 nitrogen and oxygen atoms in total. The Labute approximate surface area is 133 Å². The number of esters is 1. The molecule has 0 saturated carbocycles. The Morgan fingerprint density at radius 1 is 1.32 bits per heavy atom. The Balaban J connectivity index is 2.64. The number of halogens is 4. The van der Waals surface area contributed by atoms with Crippen molar-refractivity contribution in [1.29, 1.82) is 0 Å². The smallest absolute Gasteiger partial charge is 0.410 e. The highest BCUT2D eigenvalue weighted by molar-refractivity contribution is 9.11. The summed E-state index contributed by atoms with van der Waals surface area (Å²) in [6.45, 7) is 0. The molecule has 2 rings (SSSR count). The first kappa shape index (κ1) is 16.6. The van der Waals surface area contributed by atoms with Crippen LogP contribution in [0.1, 0.15) is 12.0 Å². The molecule has 0 amide bonds. The van der Waals surface area contributed by atoms with Crippen LogP contribution in [0.4, 0.5) is 13.2 Å². The number of rotatable bonds is 2. The van der Waals surface area contributed by atoms with Crippen LogP contribution in [0.5, 0.6) is 0 Å². The van der Waals surface area contributed by atoms with Crippen LogP contribution in [0.25, 0.3) is 5.57 Å². The van der Waals surface area contributed by atoms with E-state index in [2.05, 4.69) is 20.7 Å². The van der Waals surface area contributed by atoms with E-state index in [0.717, 1.165) is 7.11 Å². The fourth-order valence-corrected chi connectivity index (χ4v) is 3.04. The molecule has 0 spiro atoms. The van der Waals surface area contributed by atoms with Gasteiger partial charge >= 0.3 is 12.1 Å². The summed E-state index contributed by atoms with van der Waals surface area (Å²) in [5.41, 5.74) is 3.09. The highest BCUT2D eigenvalue weighted by Gasteiger charge is 2.64. The predicted octanol–water partition coefficient (Wildman–Crippen LogP) is 3.76. The Morgan fingerprint density at radius 3 is 2.41 bits per heavy atom. The molecule has 7 heteroatoms. The van der Waals surface area contributed by atoms with Crippen molar-refractivity contribution in [2.45, 2.75) is 12.6 Å². The van der Waals surface area contributed by atoms with Gasteiger partial charge in [0.05, 0.1) is 7.11 Å². The van der Waals surface area contributed by atoms with Crippen molar-refractivity contribution in [3.63, 3.8) is 0 Å². The fourth-order valence-electron chi connectivity index (χ4n) is 2.43. The van der Waals surface area contributed by atoms with Crippen molar-refractivity contribution in [1.82, 2.24) is 0 Å². The van der Waals surface area contributed by atoms with Gasteiger partial charge in [0.2, 0.25) is 5.41 Å². The minimum Gasteiger partial charge on any atom is -0.468 e. The number of carbonyl (C=O) groups excluding carboxylic acids is 1. The van der Waals surface area contributed by atoms with Gasteiger partial charge in [-0.3, -0.25) is 4.79 Å². The van der Waals surface area contributed by atoms with E-state index in [1.807, 2.05) is 0 Å². The van der Waals surface area contributed by atoms with E-state index in [9.17, 15) is 18.0 Å². The van der Waals surface area contributed by atoms with Crippen LogP contribution in [0.2, 0.25) is 0 Å². The normalized spacial score (nSPS) is 22.3. The average molecular weight is 376 g/mol. The lowest BCUT2D eigenvalue weighted by Gasteiger charge is -2.37. The zero-order chi connectivity index (χ0) is 16.5. The summed E-state index contributed by atoms with van der Waals surface area (Å²) < 4.78 is 45.5. The molecular weight excluding hydrogens is 363 g/mol. The van der Waals surface area contributed by atoms with Gasteiger partial charge in [0.25, 0.3) is 0 Å². The van der Waals surface area contributed by atoms with Crippen LogP contribution in [0, 0.1) is 5.41 Å². The third kappa shape index (κ3) is 2.54. The van der Waals surface area contributed by atoms with Gasteiger partial charge in [-0.05, 0) is 33.1 Å². The minimum atomic E-state index is -4.88. The van der Waals surface area contributed by atoms with E-state index in [1.54, 1.807) is 30.3 Å². The largest absolute Gasteiger partial charge is 0.468 e. The van der Waals surface area contributed by atoms with Crippen LogP contribution in [0.15, 0.2) is 46.6 Å². The second-order valence-corrected chi connectivity index (χ2v) is 5.72. The topological polar surface area (TPSA) is 52.3 Å². The van der Waals surface area contributed by atoms with Crippen molar-refractivity contribution in [2.24, 2.45) is 11.1 Å². The third-order valence-electron chi connectivity index (χ3n) is 3.64. The number of carbonyl (C=O) groups is 1. The highest BCUT2D eigenvalue weighted by Crippen LogP contribution is 2.53. The first-order valence-electron chi connectivity index (χ1n) is 6.31. The molecule has 0 radical (unpaired) electrons. The summed E-state index contributed by atoms with van der Waals surface area (Å²) >= 11 is 3.03. The quantitative estimate of drug-likeness (QED) is 0.800. The number of nitrogens with two attached hydrogens (primary N) is 1. The van der Waals surface area contributed by atoms with Gasteiger partial charge in [-0.15, -0.1) is 0 Å². The molecule has 2 N–H and O–H groups in total. The van der Waals surface area contributed by atoms with Crippen molar-refractivity contribution in [3.8, 4) is 0 Å². The lowest BCUT2D eigenvalue weighted by molar-refractivity contribution is -0.221. The maximum absolute atomic E-state index is 13.7. The maximum Gasteiger partial charge on any atom is 0.410 e. The van der Waals surface area contributed by atoms with Crippen LogP contribution >= 0.6 is 15.9 Å². The molecule has 0 fully saturated rings. The summed E-state index contributed by atoms with van der Waals surface area (Å²) in [7, 11) is 0.914. The number of ether oxygens (including phenoxy) is 1. The summed E-state index contributed by atoms with van der Waals surface area (Å²) in [5, 5.41) is 0. The van der Waals surface area contributed by atoms with Crippen LogP contribution < -0.4 is 5.73 Å². The molecule has 0 heterocycles. The van der Waals surface area contributed by atoms with E-state index < -0.39 is 29.7 Å². The molecular formula is C15H13BrF3NO2. The molecule has 1 unspecified atom stereocenters. The standard InChI is InChI=1S/C15H13BrF3NO2/c1-22-13(21)14(15(17,18)19)8-10(7-11(16)12(14)20)9-5-3-2-4-6-9/h2-7H,8,20H2,1H3. The lowest BCUT2D eigenvalue weighted by Crippen LogP contribution is -2.50. The summed E-state index contributed by atoms with van der Waals surface area (Å²) in [5.74, 6) is -1.42. The molecule has 0 saturated heterocycles. The molecule has 1 aliphatic carbocycles. The van der Waals surface area contributed by atoms with Crippen molar-refractivity contribution in [2.75, 3.05) is 7.11 Å². The molecule has 1 atom stereocenters. The van der Waals surface area contributed by atoms with Gasteiger partial charge in [-0.25, -0.2) is 0 Å². The van der Waals surface area contributed by atoms with Gasteiger partial charge < -0.3 is 10.5 Å². The molecule has 22 heavy (non-hydrogen) atoms. The minimum absolute atomic E-state index is 0.0281. The second-order valence-electron chi connectivity index (χ2n) is 4.87. The van der Waals surface area contributed by atoms with Gasteiger partial charge in [-0.1, -0.05) is 30.3 Å². The monoisotopic (exact) mass is 375 g/mol. The zero-order valence-corrected chi connectivity index (χ0v) is 13.2. The number of alkyl halides is 3. The number of hydrogen-bond donors (Lipinski definition) is 1. The Kier molecular flexibility index (Phi) is 4.37. The lowest BCUT2D eigenvalue weighted by atomic mass is 9.73. The molecule has 1 aromatic rings. The summed E-state index contributed by atoms with van der Waals surface area (Å²) in [6.07, 6.45) is -3.98. The number of allylic oxidation sites excluding steroid dienone is 3. The van der Waals surface area contributed by atoms with Gasteiger partial charge in [0, 0.05) is 16.6 Å². The summed E-state index contributed by atoms with van der Waals surface area (Å²) in [4.78, 5) is 12.0. The van der Waals surface area contributed by atoms with Crippen molar-refractivity contribution >= 4 is 27.5 Å². The Bertz CT molecular complexity index is 653. The first-order valence-corrected chi connectivity index (χ1v) is 7.10. The van der Waals surface area contributed by atoms with Crippen LogP contribution in [-0.2, 0) is 9.53 Å². The number of hydrogen-bond acceptors (Lipinski definition) is 3. The van der Waals surface area contributed by atoms with Crippen molar-refractivity contribution < 1.29 is 22.7 Å². The molecule has 0 aromatic heterocycles. The number of benzene rings is 1. The predicted molar refractivity (Wildman–Crippen MR) is 79.7 cm³/mol. The van der Waals surface area contributed by atoms with Gasteiger partial charge in [-0.2, -0.15) is 13.2 Å². The van der Waals surface area contributed by atoms with E-state index in [0.29, 0.717) is 11.1 Å². The zero-order valence-electron chi connectivity index (χ0n) is 11.6. The molecule has 1 aromatic carbocycles. The molecule has 0 aliphatic heterocycles. The molecule has 1 aliphatic rings. The van der Waals surface area contributed by atoms with Crippen molar-refractivity contribution in [3.05, 3.63) is 52.2 Å². The van der Waals surface area contributed by atoms with E-state index >= 15 is 0 Å². The Hall–Kier alpha value is -1.76. The number of methoxy groups -OCH3 is 1. The first-order chi connectivity index (χ1) is 10.2. The van der Waals surface area contributed by atoms with E-state index in [-0.39, 0.29) is 4.48 Å². The highest BCUT2D eigenvalue weighted by atomic mass is 79.9. The van der Waals surface area contributed by atoms with Gasteiger partial charge in [0.1, 0.15) is 0 Å². The van der Waals surface area contributed by atoms with Gasteiger partial charge in [0.15, 0.2) is 0 Å². The third-order valence-corrected chi connectivity index (χ3v) is 4.29. The second kappa shape index (κ2) is 5.79. The Morgan fingerprint density at radius 2 is 1.91 bits per heavy atom. The molecule has 118 valence electrons. The maximum atomic E-state index is 13.7. The van der Waals surface area contributed by atoms with E-state index in [4.69, 9.17) is 5.73 Å². The van der Waals surface area contributed by atoms with E-state index in [1.165, 1.54) is 6.08 Å². The van der Waals surface area contributed by atoms with Crippen LogP contribution in [0.3, 0.4) is 0 Å². The average Bonchev–Trinajstić information content (AvgIpc) is 2.48. The fraction of sp³-hybridized carbons (Fsp3) is 0.267. The van der Waals surface area contributed by atoms with Crippen LogP contribution in [-0.4, -0.2) is 19.3 Å². The summed E-state index contributed by atoms with van der Waals surface area (Å²) in [6, 6.07) is 8.51. The molecule has 0 bridgehead atoms.